The fraction of sp³-hybridized carbons (Fsp3) is 0.281. The molecule has 8 rings (SSSR count). The van der Waals surface area contributed by atoms with Crippen molar-refractivity contribution in [2.24, 2.45) is 0 Å². The van der Waals surface area contributed by atoms with Crippen molar-refractivity contribution < 1.29 is 37.6 Å². The summed E-state index contributed by atoms with van der Waals surface area (Å²) in [5.74, 6) is 1.13. The van der Waals surface area contributed by atoms with Gasteiger partial charge in [-0.2, -0.15) is 4.98 Å². The normalized spacial score (nSPS) is 17.2. The number of hydrogen-bond acceptors (Lipinski definition) is 10. The zero-order valence-corrected chi connectivity index (χ0v) is 41.7. The van der Waals surface area contributed by atoms with Crippen LogP contribution in [0.1, 0.15) is 59.6 Å². The van der Waals surface area contributed by atoms with Gasteiger partial charge in [0.25, 0.3) is 14.2 Å². The molecule has 362 valence electrons. The van der Waals surface area contributed by atoms with Crippen molar-refractivity contribution in [3.8, 4) is 11.5 Å². The lowest BCUT2D eigenvalue weighted by Crippen LogP contribution is -2.69. The van der Waals surface area contributed by atoms with Gasteiger partial charge >= 0.3 is 5.69 Å². The highest BCUT2D eigenvalue weighted by molar-refractivity contribution is 6.99. The van der Waals surface area contributed by atoms with Crippen LogP contribution in [0.3, 0.4) is 0 Å². The van der Waals surface area contributed by atoms with E-state index in [0.29, 0.717) is 22.6 Å². The average molecular weight is 960 g/mol. The molecular weight excluding hydrogens is 899 g/mol. The molecule has 70 heavy (non-hydrogen) atoms. The number of carbonyl (C=O) groups is 1. The molecule has 4 atom stereocenters. The summed E-state index contributed by atoms with van der Waals surface area (Å²) in [5, 5.41) is 4.48. The number of ether oxygens (including phenoxy) is 6. The van der Waals surface area contributed by atoms with Gasteiger partial charge in [0.1, 0.15) is 41.2 Å². The minimum absolute atomic E-state index is 0.0389. The molecule has 13 heteroatoms. The van der Waals surface area contributed by atoms with Crippen molar-refractivity contribution in [1.82, 2.24) is 9.55 Å². The monoisotopic (exact) mass is 959 g/mol. The molecule has 12 nitrogen and oxygen atoms in total. The SMILES string of the molecule is COCCO[C@@H]1[C@H](O[Si](c2ccccc2)(c2ccccc2)C(C)(C)C)[C@@H](COC(c2ccccc2)(c2ccc(OC)cc2)c2ccc(OC)cc2)O[C@H]1n1cc(C)c(NC(=O)c2ccccc2)nc1=O. The highest BCUT2D eigenvalue weighted by Crippen LogP contribution is 2.46. The summed E-state index contributed by atoms with van der Waals surface area (Å²) in [6, 6.07) is 55.3. The smallest absolute Gasteiger partial charge is 0.351 e. The molecule has 1 amide bonds. The van der Waals surface area contributed by atoms with Gasteiger partial charge < -0.3 is 38.2 Å². The van der Waals surface area contributed by atoms with Crippen LogP contribution < -0.4 is 30.9 Å². The van der Waals surface area contributed by atoms with Crippen LogP contribution in [0.5, 0.6) is 11.5 Å². The van der Waals surface area contributed by atoms with Crippen LogP contribution in [-0.2, 0) is 29.0 Å². The standard InChI is InChI=1S/C57H61N3O9Si/c1-40-38-60(55(62)59-52(40)58-53(61)41-20-12-8-13-21-41)54-51(66-37-36-63-5)50(69-70(56(2,3)4,47-24-16-10-17-25-47)48-26-18-11-19-27-48)49(68-54)39-67-57(42-22-14-9-15-23-42,43-28-32-45(64-6)33-29-43)44-30-34-46(65-7)35-31-44/h8-35,38,49-51,54H,36-37,39H2,1-7H3,(H,58,59,61,62)/t49-,50-,51-,54-/m1/s1. The number of hydrogen-bond donors (Lipinski definition) is 1. The third-order valence-corrected chi connectivity index (χ3v) is 18.0. The Morgan fingerprint density at radius 2 is 1.17 bits per heavy atom. The summed E-state index contributed by atoms with van der Waals surface area (Å²) in [6.45, 7) is 8.82. The predicted octanol–water partition coefficient (Wildman–Crippen LogP) is 8.70. The first kappa shape index (κ1) is 49.7. The van der Waals surface area contributed by atoms with Crippen molar-refractivity contribution in [2.75, 3.05) is 46.5 Å². The van der Waals surface area contributed by atoms with Gasteiger partial charge in [0, 0.05) is 24.4 Å². The maximum absolute atomic E-state index is 14.5. The third-order valence-electron chi connectivity index (χ3n) is 12.9. The van der Waals surface area contributed by atoms with Crippen molar-refractivity contribution in [3.05, 3.63) is 214 Å². The number of aromatic nitrogens is 2. The molecule has 7 aromatic rings. The third kappa shape index (κ3) is 10.1. The van der Waals surface area contributed by atoms with E-state index >= 15 is 0 Å². The number of aryl methyl sites for hydroxylation is 1. The average Bonchev–Trinajstić information content (AvgIpc) is 3.73. The molecule has 1 aliphatic rings. The van der Waals surface area contributed by atoms with E-state index in [9.17, 15) is 9.59 Å². The van der Waals surface area contributed by atoms with E-state index in [1.54, 1.807) is 58.7 Å². The minimum Gasteiger partial charge on any atom is -0.497 e. The minimum atomic E-state index is -3.37. The zero-order chi connectivity index (χ0) is 49.3. The lowest BCUT2D eigenvalue weighted by molar-refractivity contribution is -0.0991. The van der Waals surface area contributed by atoms with Crippen LogP contribution >= 0.6 is 0 Å². The Kier molecular flexibility index (Phi) is 15.6. The number of rotatable bonds is 19. The Morgan fingerprint density at radius 1 is 0.671 bits per heavy atom. The molecule has 0 aliphatic carbocycles. The van der Waals surface area contributed by atoms with E-state index in [1.165, 1.54) is 4.57 Å². The summed E-state index contributed by atoms with van der Waals surface area (Å²) < 4.78 is 47.9. The molecule has 6 aromatic carbocycles. The molecule has 1 saturated heterocycles. The lowest BCUT2D eigenvalue weighted by Gasteiger charge is -2.46. The molecule has 0 radical (unpaired) electrons. The predicted molar refractivity (Wildman–Crippen MR) is 274 cm³/mol. The highest BCUT2D eigenvalue weighted by Gasteiger charge is 2.58. The Bertz CT molecular complexity index is 2760. The first-order valence-electron chi connectivity index (χ1n) is 23.4. The molecule has 1 aliphatic heterocycles. The molecule has 1 N–H and O–H groups in total. The van der Waals surface area contributed by atoms with E-state index in [0.717, 1.165) is 27.1 Å². The second kappa shape index (κ2) is 21.9. The van der Waals surface area contributed by atoms with Crippen molar-refractivity contribution in [2.45, 2.75) is 62.9 Å². The van der Waals surface area contributed by atoms with Gasteiger partial charge in [0.05, 0.1) is 34.0 Å². The molecule has 2 heterocycles. The summed E-state index contributed by atoms with van der Waals surface area (Å²) in [7, 11) is 1.52. The van der Waals surface area contributed by atoms with Crippen LogP contribution in [-0.4, -0.2) is 83.2 Å². The molecular formula is C57H61N3O9Si. The quantitative estimate of drug-likeness (QED) is 0.0478. The summed E-state index contributed by atoms with van der Waals surface area (Å²) in [6.07, 6.45) is -2.03. The van der Waals surface area contributed by atoms with Crippen LogP contribution in [0.25, 0.3) is 0 Å². The maximum Gasteiger partial charge on any atom is 0.351 e. The largest absolute Gasteiger partial charge is 0.497 e. The van der Waals surface area contributed by atoms with Gasteiger partial charge in [-0.15, -0.1) is 0 Å². The maximum atomic E-state index is 14.5. The Labute approximate surface area is 411 Å². The molecule has 1 fully saturated rings. The number of amides is 1. The van der Waals surface area contributed by atoms with Crippen LogP contribution in [0.2, 0.25) is 5.04 Å². The number of nitrogens with zero attached hydrogens (tertiary/aromatic N) is 2. The highest BCUT2D eigenvalue weighted by atomic mass is 28.4. The number of methoxy groups -OCH3 is 3. The first-order valence-corrected chi connectivity index (χ1v) is 25.3. The van der Waals surface area contributed by atoms with Gasteiger partial charge in [0.2, 0.25) is 0 Å². The van der Waals surface area contributed by atoms with Gasteiger partial charge in [-0.05, 0) is 75.4 Å². The van der Waals surface area contributed by atoms with Crippen LogP contribution in [0, 0.1) is 6.92 Å². The Morgan fingerprint density at radius 3 is 1.67 bits per heavy atom. The lowest BCUT2D eigenvalue weighted by atomic mass is 9.80. The van der Waals surface area contributed by atoms with Crippen molar-refractivity contribution in [1.29, 1.82) is 0 Å². The number of carbonyl (C=O) groups excluding carboxylic acids is 1. The van der Waals surface area contributed by atoms with Gasteiger partial charge in [-0.3, -0.25) is 9.36 Å². The molecule has 1 aromatic heterocycles. The van der Waals surface area contributed by atoms with Crippen LogP contribution in [0.15, 0.2) is 181 Å². The van der Waals surface area contributed by atoms with Gasteiger partial charge in [-0.25, -0.2) is 4.79 Å². The van der Waals surface area contributed by atoms with E-state index in [2.05, 4.69) is 55.3 Å². The van der Waals surface area contributed by atoms with Gasteiger partial charge in [-0.1, -0.05) is 154 Å². The fourth-order valence-electron chi connectivity index (χ4n) is 9.47. The van der Waals surface area contributed by atoms with Crippen molar-refractivity contribution in [3.63, 3.8) is 0 Å². The molecule has 0 spiro atoms. The number of nitrogens with one attached hydrogen (secondary N) is 1. The number of anilines is 1. The summed E-state index contributed by atoms with van der Waals surface area (Å²) >= 11 is 0. The van der Waals surface area contributed by atoms with Crippen LogP contribution in [0.4, 0.5) is 5.82 Å². The molecule has 0 bridgehead atoms. The van der Waals surface area contributed by atoms with E-state index in [-0.39, 0.29) is 25.6 Å². The Hall–Kier alpha value is -6.71. The van der Waals surface area contributed by atoms with E-state index in [1.807, 2.05) is 121 Å². The fourth-order valence-corrected chi connectivity index (χ4v) is 14.2. The summed E-state index contributed by atoms with van der Waals surface area (Å²) in [4.78, 5) is 32.3. The number of benzene rings is 6. The molecule has 0 saturated carbocycles. The molecule has 0 unspecified atom stereocenters. The zero-order valence-electron chi connectivity index (χ0n) is 40.7. The van der Waals surface area contributed by atoms with Crippen molar-refractivity contribution >= 4 is 30.4 Å². The first-order chi connectivity index (χ1) is 33.9. The topological polar surface area (TPSA) is 129 Å². The van der Waals surface area contributed by atoms with E-state index < -0.39 is 55.1 Å². The second-order valence-electron chi connectivity index (χ2n) is 18.2. The summed E-state index contributed by atoms with van der Waals surface area (Å²) in [5.41, 5.74) is 1.63. The van der Waals surface area contributed by atoms with E-state index in [4.69, 9.17) is 32.8 Å². The van der Waals surface area contributed by atoms with Gasteiger partial charge in [0.15, 0.2) is 6.23 Å². The Balaban J connectivity index is 1.31. The second-order valence-corrected chi connectivity index (χ2v) is 22.5.